The lowest BCUT2D eigenvalue weighted by atomic mass is 10.3. The first-order valence-electron chi connectivity index (χ1n) is 11.2. The zero-order chi connectivity index (χ0) is 26.6. The Labute approximate surface area is 219 Å². The Hall–Kier alpha value is -3.93. The molecule has 1 aromatic heterocycles. The molecule has 0 aliphatic heterocycles. The minimum absolute atomic E-state index is 0.0316. The standard InChI is InChI=1S/C25H25ClN6O4S/c1-15(27-2)25(33)28-16-7-6-8-18(13-16)37(34,35)32-24-23(29-20-9-4-5-10-21(20)30-24)31-22-14-17(36-3)11-12-19(22)26/h4-15,27H,1-3H3,(H,28,33)(H,29,31)(H,30,32)/t15-/m1/s1. The average Bonchev–Trinajstić information content (AvgIpc) is 2.89. The summed E-state index contributed by atoms with van der Waals surface area (Å²) >= 11 is 6.35. The minimum atomic E-state index is -4.12. The van der Waals surface area contributed by atoms with Gasteiger partial charge in [-0.3, -0.25) is 9.52 Å². The first kappa shape index (κ1) is 26.1. The molecule has 10 nitrogen and oxygen atoms in total. The van der Waals surface area contributed by atoms with Crippen LogP contribution < -0.4 is 25.4 Å². The number of nitrogens with one attached hydrogen (secondary N) is 4. The number of carbonyl (C=O) groups is 1. The monoisotopic (exact) mass is 540 g/mol. The minimum Gasteiger partial charge on any atom is -0.497 e. The molecule has 4 N–H and O–H groups in total. The van der Waals surface area contributed by atoms with Crippen LogP contribution in [0.25, 0.3) is 11.0 Å². The molecule has 3 aromatic carbocycles. The maximum atomic E-state index is 13.4. The SMILES string of the molecule is CN[C@H](C)C(=O)Nc1cccc(S(=O)(=O)Nc2nc3ccccc3nc2Nc2cc(OC)ccc2Cl)c1. The van der Waals surface area contributed by atoms with Crippen LogP contribution in [0.1, 0.15) is 6.92 Å². The van der Waals surface area contributed by atoms with E-state index in [-0.39, 0.29) is 22.4 Å². The number of hydrogen-bond acceptors (Lipinski definition) is 8. The van der Waals surface area contributed by atoms with Gasteiger partial charge >= 0.3 is 0 Å². The molecule has 0 aliphatic rings. The molecular formula is C25H25ClN6O4S. The van der Waals surface area contributed by atoms with Crippen molar-refractivity contribution in [3.05, 3.63) is 71.8 Å². The van der Waals surface area contributed by atoms with E-state index in [0.717, 1.165) is 0 Å². The van der Waals surface area contributed by atoms with Gasteiger partial charge in [-0.25, -0.2) is 18.4 Å². The fraction of sp³-hybridized carbons (Fsp3) is 0.160. The van der Waals surface area contributed by atoms with E-state index in [1.165, 1.54) is 25.3 Å². The van der Waals surface area contributed by atoms with Crippen LogP contribution in [0.5, 0.6) is 5.75 Å². The van der Waals surface area contributed by atoms with E-state index in [1.807, 2.05) is 0 Å². The fourth-order valence-corrected chi connectivity index (χ4v) is 4.54. The Kier molecular flexibility index (Phi) is 7.77. The molecular weight excluding hydrogens is 516 g/mol. The molecule has 4 rings (SSSR count). The maximum Gasteiger partial charge on any atom is 0.263 e. The molecule has 192 valence electrons. The molecule has 0 saturated carbocycles. The number of aromatic nitrogens is 2. The van der Waals surface area contributed by atoms with E-state index in [0.29, 0.717) is 33.2 Å². The lowest BCUT2D eigenvalue weighted by molar-refractivity contribution is -0.117. The topological polar surface area (TPSA) is 134 Å². The summed E-state index contributed by atoms with van der Waals surface area (Å²) in [5.74, 6) is 0.363. The van der Waals surface area contributed by atoms with Crippen molar-refractivity contribution >= 4 is 61.6 Å². The smallest absolute Gasteiger partial charge is 0.263 e. The summed E-state index contributed by atoms with van der Waals surface area (Å²) in [6, 6.07) is 17.5. The number of benzene rings is 3. The van der Waals surface area contributed by atoms with Gasteiger partial charge in [0.2, 0.25) is 5.91 Å². The average molecular weight is 541 g/mol. The number of carbonyl (C=O) groups excluding carboxylic acids is 1. The third-order valence-electron chi connectivity index (χ3n) is 5.47. The zero-order valence-electron chi connectivity index (χ0n) is 20.2. The Morgan fingerprint density at radius 1 is 0.973 bits per heavy atom. The van der Waals surface area contributed by atoms with Gasteiger partial charge < -0.3 is 20.7 Å². The lowest BCUT2D eigenvalue weighted by Gasteiger charge is -2.16. The van der Waals surface area contributed by atoms with Crippen LogP contribution in [0.15, 0.2) is 71.6 Å². The highest BCUT2D eigenvalue weighted by Crippen LogP contribution is 2.33. The Morgan fingerprint density at radius 3 is 2.35 bits per heavy atom. The third-order valence-corrected chi connectivity index (χ3v) is 7.13. The first-order chi connectivity index (χ1) is 17.7. The number of likely N-dealkylation sites (N-methyl/N-ethyl adjacent to an activating group) is 1. The van der Waals surface area contributed by atoms with Gasteiger partial charge in [0, 0.05) is 11.8 Å². The number of nitrogens with zero attached hydrogens (tertiary/aromatic N) is 2. The number of halogens is 1. The van der Waals surface area contributed by atoms with Crippen molar-refractivity contribution in [3.63, 3.8) is 0 Å². The van der Waals surface area contributed by atoms with Crippen LogP contribution in [0, 0.1) is 0 Å². The van der Waals surface area contributed by atoms with E-state index in [9.17, 15) is 13.2 Å². The van der Waals surface area contributed by atoms with Gasteiger partial charge in [0.1, 0.15) is 5.75 Å². The van der Waals surface area contributed by atoms with Crippen LogP contribution in [0.3, 0.4) is 0 Å². The van der Waals surface area contributed by atoms with Crippen LogP contribution >= 0.6 is 11.6 Å². The highest BCUT2D eigenvalue weighted by molar-refractivity contribution is 7.92. The second-order valence-corrected chi connectivity index (χ2v) is 10.1. The molecule has 1 amide bonds. The molecule has 37 heavy (non-hydrogen) atoms. The number of para-hydroxylation sites is 2. The highest BCUT2D eigenvalue weighted by atomic mass is 35.5. The van der Waals surface area contributed by atoms with Crippen molar-refractivity contribution < 1.29 is 17.9 Å². The number of fused-ring (bicyclic) bond motifs is 1. The van der Waals surface area contributed by atoms with E-state index < -0.39 is 16.1 Å². The molecule has 0 fully saturated rings. The molecule has 0 spiro atoms. The first-order valence-corrected chi connectivity index (χ1v) is 13.0. The Bertz CT molecular complexity index is 1560. The molecule has 1 heterocycles. The van der Waals surface area contributed by atoms with Gasteiger partial charge in [-0.1, -0.05) is 29.8 Å². The summed E-state index contributed by atoms with van der Waals surface area (Å²) in [5.41, 5.74) is 1.83. The summed E-state index contributed by atoms with van der Waals surface area (Å²) in [6.07, 6.45) is 0. The summed E-state index contributed by atoms with van der Waals surface area (Å²) in [5, 5.41) is 8.97. The molecule has 12 heteroatoms. The van der Waals surface area contributed by atoms with Crippen molar-refractivity contribution in [2.24, 2.45) is 0 Å². The molecule has 0 saturated heterocycles. The molecule has 0 aliphatic carbocycles. The molecule has 0 unspecified atom stereocenters. The third kappa shape index (κ3) is 6.08. The predicted octanol–water partition coefficient (Wildman–Crippen LogP) is 4.38. The lowest BCUT2D eigenvalue weighted by Crippen LogP contribution is -2.35. The number of ether oxygens (including phenoxy) is 1. The van der Waals surface area contributed by atoms with Gasteiger partial charge in [-0.2, -0.15) is 0 Å². The fourth-order valence-electron chi connectivity index (χ4n) is 3.32. The van der Waals surface area contributed by atoms with E-state index in [4.69, 9.17) is 16.3 Å². The van der Waals surface area contributed by atoms with Gasteiger partial charge in [0.25, 0.3) is 10.0 Å². The van der Waals surface area contributed by atoms with Crippen LogP contribution in [0.4, 0.5) is 23.0 Å². The van der Waals surface area contributed by atoms with Crippen LogP contribution in [0.2, 0.25) is 5.02 Å². The second kappa shape index (κ2) is 11.0. The van der Waals surface area contributed by atoms with E-state index >= 15 is 0 Å². The molecule has 4 aromatic rings. The molecule has 0 bridgehead atoms. The highest BCUT2D eigenvalue weighted by Gasteiger charge is 2.21. The normalized spacial score (nSPS) is 12.1. The van der Waals surface area contributed by atoms with Crippen molar-refractivity contribution in [1.29, 1.82) is 0 Å². The quantitative estimate of drug-likeness (QED) is 0.246. The predicted molar refractivity (Wildman–Crippen MR) is 145 cm³/mol. The van der Waals surface area contributed by atoms with Gasteiger partial charge in [-0.15, -0.1) is 0 Å². The number of sulfonamides is 1. The molecule has 1 atom stereocenters. The largest absolute Gasteiger partial charge is 0.497 e. The van der Waals surface area contributed by atoms with Crippen LogP contribution in [-0.2, 0) is 14.8 Å². The number of anilines is 4. The van der Waals surface area contributed by atoms with Crippen molar-refractivity contribution in [1.82, 2.24) is 15.3 Å². The van der Waals surface area contributed by atoms with Crippen molar-refractivity contribution in [2.45, 2.75) is 17.9 Å². The number of amides is 1. The number of methoxy groups -OCH3 is 1. The van der Waals surface area contributed by atoms with Crippen LogP contribution in [-0.4, -0.2) is 44.5 Å². The summed E-state index contributed by atoms with van der Waals surface area (Å²) in [7, 11) is -0.938. The van der Waals surface area contributed by atoms with Crippen molar-refractivity contribution in [2.75, 3.05) is 29.5 Å². The zero-order valence-corrected chi connectivity index (χ0v) is 21.8. The van der Waals surface area contributed by atoms with Gasteiger partial charge in [0.15, 0.2) is 11.6 Å². The summed E-state index contributed by atoms with van der Waals surface area (Å²) in [4.78, 5) is 21.2. The second-order valence-electron chi connectivity index (χ2n) is 8.01. The van der Waals surface area contributed by atoms with Gasteiger partial charge in [0.05, 0.1) is 39.8 Å². The number of rotatable bonds is 9. The summed E-state index contributed by atoms with van der Waals surface area (Å²) in [6.45, 7) is 1.69. The van der Waals surface area contributed by atoms with Crippen molar-refractivity contribution in [3.8, 4) is 5.75 Å². The number of hydrogen-bond donors (Lipinski definition) is 4. The van der Waals surface area contributed by atoms with Gasteiger partial charge in [-0.05, 0) is 56.4 Å². The maximum absolute atomic E-state index is 13.4. The Balaban J connectivity index is 1.71. The summed E-state index contributed by atoms with van der Waals surface area (Å²) < 4.78 is 34.5. The molecule has 0 radical (unpaired) electrons. The van der Waals surface area contributed by atoms with E-state index in [1.54, 1.807) is 62.5 Å². The Morgan fingerprint density at radius 2 is 1.68 bits per heavy atom. The van der Waals surface area contributed by atoms with E-state index in [2.05, 4.69) is 30.6 Å².